The highest BCUT2D eigenvalue weighted by atomic mass is 35.5. The lowest BCUT2D eigenvalue weighted by atomic mass is 10.1. The van der Waals surface area contributed by atoms with Crippen LogP contribution in [0.1, 0.15) is 26.2 Å². The Morgan fingerprint density at radius 1 is 1.29 bits per heavy atom. The van der Waals surface area contributed by atoms with Gasteiger partial charge in [0.25, 0.3) is 10.0 Å². The van der Waals surface area contributed by atoms with Gasteiger partial charge in [-0.05, 0) is 62.0 Å². The van der Waals surface area contributed by atoms with Crippen LogP contribution < -0.4 is 5.32 Å². The number of halogens is 2. The lowest BCUT2D eigenvalue weighted by Crippen LogP contribution is -2.46. The van der Waals surface area contributed by atoms with Crippen LogP contribution >= 0.6 is 35.3 Å². The van der Waals surface area contributed by atoms with E-state index in [1.54, 1.807) is 16.4 Å². The molecule has 0 saturated carbocycles. The zero-order valence-electron chi connectivity index (χ0n) is 13.5. The van der Waals surface area contributed by atoms with Crippen LogP contribution in [0.4, 0.5) is 0 Å². The molecule has 1 aliphatic rings. The van der Waals surface area contributed by atoms with Crippen LogP contribution in [0.3, 0.4) is 0 Å². The molecular weight excluding hydrogens is 387 g/mol. The number of thiophene rings is 1. The maximum atomic E-state index is 13.2. The highest BCUT2D eigenvalue weighted by Gasteiger charge is 2.32. The molecule has 1 aliphatic heterocycles. The first-order valence-corrected chi connectivity index (χ1v) is 10.6. The maximum absolute atomic E-state index is 13.2. The molecule has 0 aliphatic carbocycles. The SMILES string of the molecule is CCCN(C1CCNCC1)S(=O)(=O)c1cc2cc(Cl)ccc2s1.Cl. The fraction of sp³-hybridized carbons (Fsp3) is 0.500. The summed E-state index contributed by atoms with van der Waals surface area (Å²) in [6.07, 6.45) is 2.56. The van der Waals surface area contributed by atoms with Gasteiger partial charge in [-0.2, -0.15) is 4.31 Å². The first-order chi connectivity index (χ1) is 11.0. The minimum Gasteiger partial charge on any atom is -0.317 e. The van der Waals surface area contributed by atoms with Gasteiger partial charge in [-0.25, -0.2) is 8.42 Å². The molecule has 1 aromatic heterocycles. The van der Waals surface area contributed by atoms with Crippen molar-refractivity contribution >= 4 is 55.5 Å². The van der Waals surface area contributed by atoms with Gasteiger partial charge in [-0.3, -0.25) is 0 Å². The number of nitrogens with one attached hydrogen (secondary N) is 1. The molecular formula is C16H22Cl2N2O2S2. The van der Waals surface area contributed by atoms with E-state index in [9.17, 15) is 8.42 Å². The van der Waals surface area contributed by atoms with Crippen molar-refractivity contribution in [2.24, 2.45) is 0 Å². The highest BCUT2D eigenvalue weighted by molar-refractivity contribution is 7.91. The number of fused-ring (bicyclic) bond motifs is 1. The number of rotatable bonds is 5. The van der Waals surface area contributed by atoms with Crippen molar-refractivity contribution in [1.82, 2.24) is 9.62 Å². The summed E-state index contributed by atoms with van der Waals surface area (Å²) in [6, 6.07) is 7.35. The fourth-order valence-electron chi connectivity index (χ4n) is 3.05. The normalized spacial score (nSPS) is 16.5. The molecule has 1 aromatic carbocycles. The molecule has 134 valence electrons. The molecule has 0 spiro atoms. The molecule has 0 unspecified atom stereocenters. The molecule has 1 saturated heterocycles. The van der Waals surface area contributed by atoms with E-state index in [2.05, 4.69) is 5.32 Å². The summed E-state index contributed by atoms with van der Waals surface area (Å²) in [6.45, 7) is 4.35. The summed E-state index contributed by atoms with van der Waals surface area (Å²) in [7, 11) is -3.46. The van der Waals surface area contributed by atoms with Gasteiger partial charge < -0.3 is 5.32 Å². The van der Waals surface area contributed by atoms with Crippen LogP contribution in [-0.4, -0.2) is 38.4 Å². The Labute approximate surface area is 158 Å². The Balaban J connectivity index is 0.00000208. The quantitative estimate of drug-likeness (QED) is 0.808. The predicted molar refractivity (Wildman–Crippen MR) is 104 cm³/mol. The summed E-state index contributed by atoms with van der Waals surface area (Å²) in [5.41, 5.74) is 0. The maximum Gasteiger partial charge on any atom is 0.252 e. The zero-order valence-corrected chi connectivity index (χ0v) is 16.7. The van der Waals surface area contributed by atoms with Gasteiger partial charge in [0.05, 0.1) is 0 Å². The number of hydrogen-bond acceptors (Lipinski definition) is 4. The zero-order chi connectivity index (χ0) is 16.4. The van der Waals surface area contributed by atoms with Crippen molar-refractivity contribution < 1.29 is 8.42 Å². The van der Waals surface area contributed by atoms with Crippen LogP contribution in [0.25, 0.3) is 10.1 Å². The molecule has 3 rings (SSSR count). The summed E-state index contributed by atoms with van der Waals surface area (Å²) in [5.74, 6) is 0. The molecule has 0 bridgehead atoms. The minimum absolute atomic E-state index is 0. The second-order valence-corrected chi connectivity index (χ2v) is 9.48. The van der Waals surface area contributed by atoms with E-state index in [-0.39, 0.29) is 18.4 Å². The Hall–Kier alpha value is -0.370. The van der Waals surface area contributed by atoms with Crippen molar-refractivity contribution in [1.29, 1.82) is 0 Å². The number of piperidine rings is 1. The van der Waals surface area contributed by atoms with Crippen molar-refractivity contribution in [2.45, 2.75) is 36.4 Å². The Kier molecular flexibility index (Phi) is 6.93. The number of nitrogens with zero attached hydrogens (tertiary/aromatic N) is 1. The Morgan fingerprint density at radius 3 is 2.67 bits per heavy atom. The second kappa shape index (κ2) is 8.34. The summed E-state index contributed by atoms with van der Waals surface area (Å²) in [4.78, 5) is 0. The molecule has 1 fully saturated rings. The van der Waals surface area contributed by atoms with Gasteiger partial charge in [0.1, 0.15) is 4.21 Å². The fourth-order valence-corrected chi connectivity index (χ4v) is 6.51. The molecule has 2 aromatic rings. The van der Waals surface area contributed by atoms with Gasteiger partial charge in [0, 0.05) is 22.3 Å². The van der Waals surface area contributed by atoms with Crippen molar-refractivity contribution in [2.75, 3.05) is 19.6 Å². The summed E-state index contributed by atoms with van der Waals surface area (Å²) < 4.78 is 29.4. The average Bonchev–Trinajstić information content (AvgIpc) is 2.97. The third kappa shape index (κ3) is 4.06. The van der Waals surface area contributed by atoms with E-state index < -0.39 is 10.0 Å². The van der Waals surface area contributed by atoms with Crippen molar-refractivity contribution in [3.8, 4) is 0 Å². The van der Waals surface area contributed by atoms with E-state index >= 15 is 0 Å². The lowest BCUT2D eigenvalue weighted by molar-refractivity contribution is 0.263. The van der Waals surface area contributed by atoms with Gasteiger partial charge >= 0.3 is 0 Å². The molecule has 0 radical (unpaired) electrons. The van der Waals surface area contributed by atoms with Gasteiger partial charge in [0.15, 0.2) is 0 Å². The summed E-state index contributed by atoms with van der Waals surface area (Å²) in [5, 5.41) is 4.82. The van der Waals surface area contributed by atoms with E-state index in [1.807, 2.05) is 19.1 Å². The number of benzene rings is 1. The first kappa shape index (κ1) is 19.9. The largest absolute Gasteiger partial charge is 0.317 e. The second-order valence-electron chi connectivity index (χ2n) is 5.84. The standard InChI is InChI=1S/C16H21ClN2O2S2.ClH/c1-2-9-19(14-5-7-18-8-6-14)23(20,21)16-11-12-10-13(17)3-4-15(12)22-16;/h3-4,10-11,14,18H,2,5-9H2,1H3;1H. The minimum atomic E-state index is -3.46. The number of sulfonamides is 1. The molecule has 2 heterocycles. The molecule has 24 heavy (non-hydrogen) atoms. The van der Waals surface area contributed by atoms with Crippen molar-refractivity contribution in [3.05, 3.63) is 29.3 Å². The summed E-state index contributed by atoms with van der Waals surface area (Å²) >= 11 is 7.34. The van der Waals surface area contributed by atoms with Crippen LogP contribution in [0.5, 0.6) is 0 Å². The van der Waals surface area contributed by atoms with Crippen molar-refractivity contribution in [3.63, 3.8) is 0 Å². The molecule has 8 heteroatoms. The Bertz CT molecular complexity index is 786. The van der Waals surface area contributed by atoms with E-state index in [4.69, 9.17) is 11.6 Å². The van der Waals surface area contributed by atoms with E-state index in [0.717, 1.165) is 42.4 Å². The van der Waals surface area contributed by atoms with E-state index in [1.165, 1.54) is 11.3 Å². The van der Waals surface area contributed by atoms with E-state index in [0.29, 0.717) is 15.8 Å². The first-order valence-electron chi connectivity index (χ1n) is 7.94. The monoisotopic (exact) mass is 408 g/mol. The van der Waals surface area contributed by atoms with Gasteiger partial charge in [0.2, 0.25) is 0 Å². The van der Waals surface area contributed by atoms with Crippen LogP contribution in [0.15, 0.2) is 28.5 Å². The van der Waals surface area contributed by atoms with Crippen LogP contribution in [-0.2, 0) is 10.0 Å². The smallest absolute Gasteiger partial charge is 0.252 e. The topological polar surface area (TPSA) is 49.4 Å². The highest BCUT2D eigenvalue weighted by Crippen LogP contribution is 2.34. The predicted octanol–water partition coefficient (Wildman–Crippen LogP) is 4.13. The van der Waals surface area contributed by atoms with Crippen LogP contribution in [0, 0.1) is 0 Å². The third-order valence-electron chi connectivity index (χ3n) is 4.18. The molecule has 0 amide bonds. The van der Waals surface area contributed by atoms with Crippen LogP contribution in [0.2, 0.25) is 5.02 Å². The van der Waals surface area contributed by atoms with Gasteiger partial charge in [-0.15, -0.1) is 23.7 Å². The molecule has 4 nitrogen and oxygen atoms in total. The Morgan fingerprint density at radius 2 is 2.00 bits per heavy atom. The number of hydrogen-bond donors (Lipinski definition) is 1. The third-order valence-corrected chi connectivity index (χ3v) is 7.93. The van der Waals surface area contributed by atoms with Gasteiger partial charge in [-0.1, -0.05) is 18.5 Å². The molecule has 0 atom stereocenters. The lowest BCUT2D eigenvalue weighted by Gasteiger charge is -2.33. The average molecular weight is 409 g/mol. The molecule has 1 N–H and O–H groups in total.